The predicted molar refractivity (Wildman–Crippen MR) is 126 cm³/mol. The number of halogens is 2. The molecule has 0 aliphatic heterocycles. The largest absolute Gasteiger partial charge is 0.431 e. The highest BCUT2D eigenvalue weighted by molar-refractivity contribution is 6.49. The molecule has 2 fully saturated rings. The summed E-state index contributed by atoms with van der Waals surface area (Å²) in [7, 11) is 0. The average Bonchev–Trinajstić information content (AvgIpc) is 2.90. The zero-order valence-corrected chi connectivity index (χ0v) is 20.8. The summed E-state index contributed by atoms with van der Waals surface area (Å²) in [6.45, 7) is 7.92. The number of rotatable bonds is 1. The van der Waals surface area contributed by atoms with Crippen LogP contribution in [-0.2, 0) is 4.79 Å². The highest BCUT2D eigenvalue weighted by atomic mass is 35.5. The molecular weight excluding hydrogens is 463 g/mol. The third kappa shape index (κ3) is 2.80. The maximum Gasteiger partial charge on any atom is 0.335 e. The van der Waals surface area contributed by atoms with Gasteiger partial charge in [-0.15, -0.1) is 23.2 Å². The molecule has 7 atom stereocenters. The van der Waals surface area contributed by atoms with Gasteiger partial charge in [-0.1, -0.05) is 39.8 Å². The Kier molecular flexibility index (Phi) is 4.84. The molecular formula is C26H30Cl2O5. The van der Waals surface area contributed by atoms with E-state index in [0.717, 1.165) is 5.57 Å². The Morgan fingerprint density at radius 1 is 1.12 bits per heavy atom. The Hall–Kier alpha value is -1.40. The number of carbonyl (C=O) groups excluding carboxylic acids is 1. The average molecular weight is 493 g/mol. The molecule has 0 amide bonds. The molecule has 5 nitrogen and oxygen atoms in total. The van der Waals surface area contributed by atoms with Crippen molar-refractivity contribution in [2.45, 2.75) is 68.9 Å². The molecule has 4 aliphatic rings. The van der Waals surface area contributed by atoms with E-state index in [2.05, 4.69) is 13.0 Å². The molecule has 2 N–H and O–H groups in total. The van der Waals surface area contributed by atoms with Gasteiger partial charge in [-0.3, -0.25) is 4.79 Å². The van der Waals surface area contributed by atoms with Crippen LogP contribution in [0.1, 0.15) is 58.4 Å². The lowest BCUT2D eigenvalue weighted by Gasteiger charge is -2.61. The van der Waals surface area contributed by atoms with Crippen molar-refractivity contribution in [3.63, 3.8) is 0 Å². The standard InChI is InChI=1S/C26H30Cl2O5/c1-22(2)17-7-6-15-16(23(17,3)10-9-18(22)29)11-19(30)24(4)21(14-5-8-20(31)33-12-14)26(27,28)13-25(15,24)32/h5-6,8-10,12,16-17,19,21,30,32H,7,11,13H2,1-4H3/t16-,17-,19+,21+,23+,24+,25-/m0/s1. The molecule has 2 saturated carbocycles. The number of allylic oxidation sites excluding steroid dienone is 3. The molecule has 0 aromatic carbocycles. The summed E-state index contributed by atoms with van der Waals surface area (Å²) >= 11 is 13.8. The monoisotopic (exact) mass is 492 g/mol. The number of ketones is 1. The Labute approximate surface area is 203 Å². The third-order valence-corrected chi connectivity index (χ3v) is 10.3. The van der Waals surface area contributed by atoms with E-state index in [0.29, 0.717) is 18.4 Å². The second kappa shape index (κ2) is 6.84. The Morgan fingerprint density at radius 3 is 2.45 bits per heavy atom. The third-order valence-electron chi connectivity index (χ3n) is 9.64. The van der Waals surface area contributed by atoms with E-state index in [1.165, 1.54) is 12.3 Å². The zero-order valence-electron chi connectivity index (χ0n) is 19.3. The number of carbonyl (C=O) groups is 1. The van der Waals surface area contributed by atoms with Gasteiger partial charge in [0, 0.05) is 29.2 Å². The first-order chi connectivity index (χ1) is 15.2. The zero-order chi connectivity index (χ0) is 24.2. The van der Waals surface area contributed by atoms with Crippen molar-refractivity contribution in [1.82, 2.24) is 0 Å². The summed E-state index contributed by atoms with van der Waals surface area (Å²) in [5.41, 5.74) is -2.60. The molecule has 1 aromatic heterocycles. The van der Waals surface area contributed by atoms with Crippen molar-refractivity contribution in [3.05, 3.63) is 58.2 Å². The van der Waals surface area contributed by atoms with E-state index in [1.807, 2.05) is 26.8 Å². The molecule has 1 aromatic rings. The molecule has 178 valence electrons. The van der Waals surface area contributed by atoms with Gasteiger partial charge in [0.1, 0.15) is 4.33 Å². The summed E-state index contributed by atoms with van der Waals surface area (Å²) in [6.07, 6.45) is 7.20. The van der Waals surface area contributed by atoms with Crippen LogP contribution >= 0.6 is 23.2 Å². The minimum absolute atomic E-state index is 0.0373. The number of alkyl halides is 2. The van der Waals surface area contributed by atoms with Crippen LogP contribution in [0.15, 0.2) is 51.4 Å². The van der Waals surface area contributed by atoms with Crippen molar-refractivity contribution in [1.29, 1.82) is 0 Å². The summed E-state index contributed by atoms with van der Waals surface area (Å²) in [5.74, 6) is -0.669. The van der Waals surface area contributed by atoms with Gasteiger partial charge in [-0.2, -0.15) is 0 Å². The van der Waals surface area contributed by atoms with Gasteiger partial charge in [0.2, 0.25) is 0 Å². The lowest BCUT2D eigenvalue weighted by Crippen LogP contribution is -2.63. The highest BCUT2D eigenvalue weighted by Crippen LogP contribution is 2.73. The molecule has 0 unspecified atom stereocenters. The number of fused-ring (bicyclic) bond motifs is 5. The highest BCUT2D eigenvalue weighted by Gasteiger charge is 2.74. The van der Waals surface area contributed by atoms with E-state index in [9.17, 15) is 19.8 Å². The van der Waals surface area contributed by atoms with Crippen LogP contribution in [0.4, 0.5) is 0 Å². The van der Waals surface area contributed by atoms with E-state index >= 15 is 0 Å². The molecule has 0 radical (unpaired) electrons. The quantitative estimate of drug-likeness (QED) is 0.443. The minimum Gasteiger partial charge on any atom is -0.431 e. The van der Waals surface area contributed by atoms with E-state index < -0.39 is 43.8 Å². The molecule has 0 spiro atoms. The normalized spacial score (nSPS) is 45.1. The summed E-state index contributed by atoms with van der Waals surface area (Å²) in [5, 5.41) is 24.0. The topological polar surface area (TPSA) is 87.7 Å². The molecule has 1 heterocycles. The van der Waals surface area contributed by atoms with E-state index in [1.54, 1.807) is 12.1 Å². The number of aliphatic hydroxyl groups excluding tert-OH is 1. The first-order valence-electron chi connectivity index (χ1n) is 11.5. The smallest absolute Gasteiger partial charge is 0.335 e. The Morgan fingerprint density at radius 2 is 1.82 bits per heavy atom. The van der Waals surface area contributed by atoms with Crippen molar-refractivity contribution < 1.29 is 19.4 Å². The van der Waals surface area contributed by atoms with E-state index in [4.69, 9.17) is 27.6 Å². The van der Waals surface area contributed by atoms with Crippen molar-refractivity contribution in [2.75, 3.05) is 0 Å². The van der Waals surface area contributed by atoms with Crippen LogP contribution in [0.3, 0.4) is 0 Å². The van der Waals surface area contributed by atoms with Crippen LogP contribution in [-0.4, -0.2) is 32.0 Å². The maximum atomic E-state index is 12.7. The van der Waals surface area contributed by atoms with Crippen molar-refractivity contribution >= 4 is 29.0 Å². The van der Waals surface area contributed by atoms with Gasteiger partial charge in [0.15, 0.2) is 5.78 Å². The van der Waals surface area contributed by atoms with Crippen LogP contribution in [0.2, 0.25) is 0 Å². The van der Waals surface area contributed by atoms with Crippen LogP contribution in [0.25, 0.3) is 0 Å². The summed E-state index contributed by atoms with van der Waals surface area (Å²) in [4.78, 5) is 24.2. The van der Waals surface area contributed by atoms with Gasteiger partial charge in [0.05, 0.1) is 18.0 Å². The summed E-state index contributed by atoms with van der Waals surface area (Å²) < 4.78 is 3.70. The minimum atomic E-state index is -1.47. The first-order valence-corrected chi connectivity index (χ1v) is 12.3. The Bertz CT molecular complexity index is 1130. The van der Waals surface area contributed by atoms with Crippen molar-refractivity contribution in [3.8, 4) is 0 Å². The first kappa shape index (κ1) is 23.3. The van der Waals surface area contributed by atoms with E-state index in [-0.39, 0.29) is 24.0 Å². The van der Waals surface area contributed by atoms with Crippen LogP contribution in [0.5, 0.6) is 0 Å². The predicted octanol–water partition coefficient (Wildman–Crippen LogP) is 4.54. The van der Waals surface area contributed by atoms with Crippen molar-refractivity contribution in [2.24, 2.45) is 28.1 Å². The van der Waals surface area contributed by atoms with Gasteiger partial charge in [-0.05, 0) is 53.4 Å². The fourth-order valence-electron chi connectivity index (χ4n) is 7.79. The Balaban J connectivity index is 1.67. The van der Waals surface area contributed by atoms with Gasteiger partial charge in [0.25, 0.3) is 0 Å². The van der Waals surface area contributed by atoms with Gasteiger partial charge in [-0.25, -0.2) is 4.79 Å². The number of aliphatic hydroxyl groups is 2. The maximum absolute atomic E-state index is 12.7. The van der Waals surface area contributed by atoms with Gasteiger partial charge < -0.3 is 14.6 Å². The molecule has 0 saturated heterocycles. The molecule has 0 bridgehead atoms. The lowest BCUT2D eigenvalue weighted by molar-refractivity contribution is -0.153. The molecule has 7 heteroatoms. The lowest BCUT2D eigenvalue weighted by atomic mass is 9.44. The fraction of sp³-hybridized carbons (Fsp3) is 0.615. The van der Waals surface area contributed by atoms with Crippen LogP contribution in [0, 0.1) is 28.1 Å². The SMILES string of the molecule is CC1(C)C(=O)C=C[C@]2(C)[C@H]3C[C@@H](O)[C@]4(C)[C@@H](c5ccc(=O)oc5)C(Cl)(Cl)C[C@]4(O)C3=CC[C@@H]12. The number of hydrogen-bond donors (Lipinski definition) is 2. The molecule has 5 rings (SSSR count). The second-order valence-corrected chi connectivity index (χ2v) is 13.0. The summed E-state index contributed by atoms with van der Waals surface area (Å²) in [6, 6.07) is 2.91. The molecule has 4 aliphatic carbocycles. The second-order valence-electron chi connectivity index (χ2n) is 11.4. The van der Waals surface area contributed by atoms with Crippen LogP contribution < -0.4 is 5.63 Å². The van der Waals surface area contributed by atoms with Gasteiger partial charge >= 0.3 is 5.63 Å². The number of hydrogen-bond acceptors (Lipinski definition) is 5. The molecule has 33 heavy (non-hydrogen) atoms. The fourth-order valence-corrected chi connectivity index (χ4v) is 8.88.